The summed E-state index contributed by atoms with van der Waals surface area (Å²) in [6, 6.07) is 15.6. The van der Waals surface area contributed by atoms with Crippen LogP contribution in [-0.2, 0) is 9.53 Å². The second-order valence-electron chi connectivity index (χ2n) is 7.59. The summed E-state index contributed by atoms with van der Waals surface area (Å²) in [6.45, 7) is 5.22. The van der Waals surface area contributed by atoms with Crippen LogP contribution in [0.2, 0.25) is 0 Å². The van der Waals surface area contributed by atoms with E-state index in [-0.39, 0.29) is 11.8 Å². The molecule has 1 N–H and O–H groups in total. The zero-order chi connectivity index (χ0) is 21.6. The van der Waals surface area contributed by atoms with Crippen molar-refractivity contribution in [2.75, 3.05) is 40.0 Å². The molecule has 0 unspecified atom stereocenters. The molecular formula is C24H28N4O3. The number of nitrogens with one attached hydrogen (secondary N) is 1. The number of amidine groups is 1. The van der Waals surface area contributed by atoms with E-state index in [1.807, 2.05) is 48.5 Å². The third kappa shape index (κ3) is 5.00. The van der Waals surface area contributed by atoms with Crippen LogP contribution in [0.1, 0.15) is 24.8 Å². The lowest BCUT2D eigenvalue weighted by molar-refractivity contribution is -0.121. The van der Waals surface area contributed by atoms with Crippen LogP contribution >= 0.6 is 0 Å². The number of hydrogen-bond donors (Lipinski definition) is 1. The first-order valence-electron chi connectivity index (χ1n) is 10.7. The number of hydrogen-bond acceptors (Lipinski definition) is 6. The SMILES string of the molecule is CCC1=Nc2ccccc2N=C(NC(=O)CN2CCOCC2)[C@H]1c1ccc(OC)cc1. The first-order valence-corrected chi connectivity index (χ1v) is 10.7. The third-order valence-corrected chi connectivity index (χ3v) is 5.54. The van der Waals surface area contributed by atoms with Gasteiger partial charge in [0.15, 0.2) is 0 Å². The van der Waals surface area contributed by atoms with Crippen molar-refractivity contribution in [3.63, 3.8) is 0 Å². The average molecular weight is 421 g/mol. The number of amides is 1. The Bertz CT molecular complexity index is 979. The van der Waals surface area contributed by atoms with Gasteiger partial charge in [0.1, 0.15) is 11.6 Å². The number of ether oxygens (including phenoxy) is 2. The number of morpholine rings is 1. The van der Waals surface area contributed by atoms with Gasteiger partial charge in [-0.3, -0.25) is 14.7 Å². The topological polar surface area (TPSA) is 75.5 Å². The number of carbonyl (C=O) groups is 1. The minimum absolute atomic E-state index is 0.0750. The number of benzene rings is 2. The lowest BCUT2D eigenvalue weighted by atomic mass is 9.91. The molecule has 31 heavy (non-hydrogen) atoms. The van der Waals surface area contributed by atoms with E-state index < -0.39 is 0 Å². The maximum absolute atomic E-state index is 12.9. The minimum atomic E-state index is -0.239. The molecule has 1 amide bonds. The van der Waals surface area contributed by atoms with Crippen molar-refractivity contribution in [1.82, 2.24) is 10.2 Å². The van der Waals surface area contributed by atoms with Gasteiger partial charge in [-0.05, 0) is 36.2 Å². The van der Waals surface area contributed by atoms with Gasteiger partial charge < -0.3 is 14.8 Å². The number of nitrogens with zero attached hydrogens (tertiary/aromatic N) is 3. The Hall–Kier alpha value is -3.03. The first kappa shape index (κ1) is 21.2. The van der Waals surface area contributed by atoms with Crippen LogP contribution in [0.15, 0.2) is 58.5 Å². The van der Waals surface area contributed by atoms with E-state index in [0.29, 0.717) is 25.6 Å². The highest BCUT2D eigenvalue weighted by Crippen LogP contribution is 2.35. The molecule has 0 radical (unpaired) electrons. The van der Waals surface area contributed by atoms with Crippen LogP contribution in [0.3, 0.4) is 0 Å². The van der Waals surface area contributed by atoms with E-state index in [1.54, 1.807) is 7.11 Å². The number of methoxy groups -OCH3 is 1. The maximum Gasteiger partial charge on any atom is 0.239 e. The van der Waals surface area contributed by atoms with Crippen molar-refractivity contribution in [3.8, 4) is 5.75 Å². The molecule has 4 rings (SSSR count). The highest BCUT2D eigenvalue weighted by molar-refractivity contribution is 6.18. The summed E-state index contributed by atoms with van der Waals surface area (Å²) < 4.78 is 10.7. The zero-order valence-corrected chi connectivity index (χ0v) is 18.0. The fourth-order valence-electron chi connectivity index (χ4n) is 3.90. The maximum atomic E-state index is 12.9. The van der Waals surface area contributed by atoms with Crippen molar-refractivity contribution in [2.45, 2.75) is 19.3 Å². The highest BCUT2D eigenvalue weighted by atomic mass is 16.5. The van der Waals surface area contributed by atoms with E-state index >= 15 is 0 Å². The summed E-state index contributed by atoms with van der Waals surface area (Å²) in [7, 11) is 1.65. The van der Waals surface area contributed by atoms with Gasteiger partial charge in [-0.2, -0.15) is 0 Å². The predicted molar refractivity (Wildman–Crippen MR) is 122 cm³/mol. The fourth-order valence-corrected chi connectivity index (χ4v) is 3.90. The molecule has 162 valence electrons. The van der Waals surface area contributed by atoms with Gasteiger partial charge in [-0.1, -0.05) is 31.2 Å². The van der Waals surface area contributed by atoms with Gasteiger partial charge in [0.2, 0.25) is 5.91 Å². The predicted octanol–water partition coefficient (Wildman–Crippen LogP) is 3.45. The average Bonchev–Trinajstić information content (AvgIpc) is 2.96. The van der Waals surface area contributed by atoms with Gasteiger partial charge in [-0.15, -0.1) is 0 Å². The molecule has 0 bridgehead atoms. The Morgan fingerprint density at radius 3 is 2.42 bits per heavy atom. The molecule has 2 aliphatic heterocycles. The molecular weight excluding hydrogens is 392 g/mol. The molecule has 2 aliphatic rings. The van der Waals surface area contributed by atoms with Crippen molar-refractivity contribution in [3.05, 3.63) is 54.1 Å². The van der Waals surface area contributed by atoms with Crippen LogP contribution in [-0.4, -0.2) is 62.3 Å². The summed E-state index contributed by atoms with van der Waals surface area (Å²) in [5, 5.41) is 3.11. The zero-order valence-electron chi connectivity index (χ0n) is 18.0. The smallest absolute Gasteiger partial charge is 0.239 e. The summed E-state index contributed by atoms with van der Waals surface area (Å²) in [5.74, 6) is 1.07. The van der Waals surface area contributed by atoms with Crippen LogP contribution in [0.25, 0.3) is 0 Å². The molecule has 0 aromatic heterocycles. The quantitative estimate of drug-likeness (QED) is 0.804. The molecule has 0 spiro atoms. The molecule has 7 nitrogen and oxygen atoms in total. The summed E-state index contributed by atoms with van der Waals surface area (Å²) in [5.41, 5.74) is 3.54. The largest absolute Gasteiger partial charge is 0.497 e. The van der Waals surface area contributed by atoms with E-state index in [2.05, 4.69) is 17.1 Å². The second-order valence-corrected chi connectivity index (χ2v) is 7.59. The first-order chi connectivity index (χ1) is 15.2. The number of carbonyl (C=O) groups excluding carboxylic acids is 1. The van der Waals surface area contributed by atoms with E-state index in [1.165, 1.54) is 0 Å². The van der Waals surface area contributed by atoms with Crippen molar-refractivity contribution in [2.24, 2.45) is 9.98 Å². The Morgan fingerprint density at radius 1 is 1.10 bits per heavy atom. The lowest BCUT2D eigenvalue weighted by Gasteiger charge is -2.27. The van der Waals surface area contributed by atoms with Crippen molar-refractivity contribution in [1.29, 1.82) is 0 Å². The lowest BCUT2D eigenvalue weighted by Crippen LogP contribution is -2.46. The Labute approximate surface area is 182 Å². The third-order valence-electron chi connectivity index (χ3n) is 5.54. The van der Waals surface area contributed by atoms with Gasteiger partial charge in [-0.25, -0.2) is 4.99 Å². The van der Waals surface area contributed by atoms with Crippen LogP contribution < -0.4 is 10.1 Å². The molecule has 1 fully saturated rings. The van der Waals surface area contributed by atoms with Crippen LogP contribution in [0, 0.1) is 0 Å². The Morgan fingerprint density at radius 2 is 1.77 bits per heavy atom. The molecule has 2 aromatic carbocycles. The normalized spacial score (nSPS) is 19.0. The van der Waals surface area contributed by atoms with E-state index in [9.17, 15) is 4.79 Å². The summed E-state index contributed by atoms with van der Waals surface area (Å²) in [4.78, 5) is 24.8. The van der Waals surface area contributed by atoms with Crippen LogP contribution in [0.4, 0.5) is 11.4 Å². The molecule has 0 saturated carbocycles. The van der Waals surface area contributed by atoms with E-state index in [4.69, 9.17) is 19.5 Å². The van der Waals surface area contributed by atoms with E-state index in [0.717, 1.165) is 47.9 Å². The Balaban J connectivity index is 1.68. The van der Waals surface area contributed by atoms with Crippen LogP contribution in [0.5, 0.6) is 5.75 Å². The monoisotopic (exact) mass is 420 g/mol. The fraction of sp³-hybridized carbons (Fsp3) is 0.375. The molecule has 1 atom stereocenters. The molecule has 0 aliphatic carbocycles. The Kier molecular flexibility index (Phi) is 6.74. The molecule has 1 saturated heterocycles. The van der Waals surface area contributed by atoms with Crippen molar-refractivity contribution >= 4 is 28.8 Å². The summed E-state index contributed by atoms with van der Waals surface area (Å²) >= 11 is 0. The van der Waals surface area contributed by atoms with Gasteiger partial charge in [0.25, 0.3) is 0 Å². The highest BCUT2D eigenvalue weighted by Gasteiger charge is 2.28. The number of rotatable bonds is 5. The number of para-hydroxylation sites is 2. The number of aliphatic imine (C=N–C) groups is 2. The number of fused-ring (bicyclic) bond motifs is 1. The molecule has 2 aromatic rings. The van der Waals surface area contributed by atoms with Gasteiger partial charge in [0, 0.05) is 18.8 Å². The second kappa shape index (κ2) is 9.85. The molecule has 7 heteroatoms. The molecule has 2 heterocycles. The standard InChI is InChI=1S/C24H28N4O3/c1-3-19-23(17-8-10-18(30-2)11-9-17)24(26-21-7-5-4-6-20(21)25-19)27-22(29)16-28-12-14-31-15-13-28/h4-11,23H,3,12-16H2,1-2H3,(H,26,27,29)/t23-/m0/s1. The minimum Gasteiger partial charge on any atom is -0.497 e. The van der Waals surface area contributed by atoms with Crippen molar-refractivity contribution < 1.29 is 14.3 Å². The van der Waals surface area contributed by atoms with Gasteiger partial charge in [0.05, 0.1) is 44.2 Å². The summed E-state index contributed by atoms with van der Waals surface area (Å²) in [6.07, 6.45) is 0.739. The van der Waals surface area contributed by atoms with Gasteiger partial charge >= 0.3 is 0 Å².